The Bertz CT molecular complexity index is 1280. The zero-order valence-corrected chi connectivity index (χ0v) is 20.5. The van der Waals surface area contributed by atoms with Crippen LogP contribution in [0.5, 0.6) is 11.5 Å². The maximum Gasteiger partial charge on any atom is 0.255 e. The van der Waals surface area contributed by atoms with Gasteiger partial charge in [0.1, 0.15) is 35.6 Å². The van der Waals surface area contributed by atoms with E-state index in [9.17, 15) is 9.59 Å². The molecule has 1 saturated carbocycles. The smallest absolute Gasteiger partial charge is 0.255 e. The number of hydrogen-bond acceptors (Lipinski definition) is 7. The van der Waals surface area contributed by atoms with Gasteiger partial charge in [-0.25, -0.2) is 9.97 Å². The number of amides is 2. The van der Waals surface area contributed by atoms with Crippen molar-refractivity contribution >= 4 is 22.8 Å². The monoisotopic (exact) mass is 493 g/mol. The maximum absolute atomic E-state index is 13.3. The third-order valence-electron chi connectivity index (χ3n) is 6.93. The molecule has 1 saturated heterocycles. The number of aromatic amines is 1. The molecule has 0 unspecified atom stereocenters. The maximum atomic E-state index is 13.3. The lowest BCUT2D eigenvalue weighted by atomic mass is 10.0. The quantitative estimate of drug-likeness (QED) is 0.439. The molecule has 3 heterocycles. The van der Waals surface area contributed by atoms with Gasteiger partial charge in [0.25, 0.3) is 5.91 Å². The van der Waals surface area contributed by atoms with Crippen molar-refractivity contribution in [2.75, 3.05) is 33.4 Å². The number of fused-ring (bicyclic) bond motifs is 1. The molecule has 1 aliphatic heterocycles. The normalized spacial score (nSPS) is 16.2. The zero-order chi connectivity index (χ0) is 25.2. The number of aryl methyl sites for hydroxylation is 1. The van der Waals surface area contributed by atoms with Crippen LogP contribution in [0.2, 0.25) is 0 Å². The largest absolute Gasteiger partial charge is 0.497 e. The molecule has 0 spiro atoms. The summed E-state index contributed by atoms with van der Waals surface area (Å²) < 4.78 is 11.5. The van der Waals surface area contributed by atoms with E-state index < -0.39 is 6.61 Å². The fourth-order valence-electron chi connectivity index (χ4n) is 4.67. The first-order chi connectivity index (χ1) is 17.5. The van der Waals surface area contributed by atoms with Crippen LogP contribution in [0.4, 0.5) is 0 Å². The van der Waals surface area contributed by atoms with Gasteiger partial charge in [-0.1, -0.05) is 0 Å². The summed E-state index contributed by atoms with van der Waals surface area (Å²) >= 11 is 0. The lowest BCUT2D eigenvalue weighted by Crippen LogP contribution is -2.47. The number of aliphatic hydroxyl groups is 1. The fraction of sp³-hybridized carbons (Fsp3) is 0.462. The van der Waals surface area contributed by atoms with Gasteiger partial charge in [-0.15, -0.1) is 0 Å². The SMILES string of the molecule is COc1ccc(-c2ncnc3c(C(=O)NC4CCN(C(=O)CO)CC4)c(C)[nH]c23)c(OCC2CC2)c1. The molecular formula is C26H31N5O5. The third kappa shape index (κ3) is 4.86. The first-order valence-electron chi connectivity index (χ1n) is 12.3. The van der Waals surface area contributed by atoms with Crippen LogP contribution in [0.1, 0.15) is 41.7 Å². The summed E-state index contributed by atoms with van der Waals surface area (Å²) in [4.78, 5) is 39.0. The van der Waals surface area contributed by atoms with Crippen LogP contribution < -0.4 is 14.8 Å². The number of nitrogens with one attached hydrogen (secondary N) is 2. The minimum Gasteiger partial charge on any atom is -0.497 e. The summed E-state index contributed by atoms with van der Waals surface area (Å²) in [6, 6.07) is 5.59. The highest BCUT2D eigenvalue weighted by Crippen LogP contribution is 2.38. The number of nitrogens with zero attached hydrogens (tertiary/aromatic N) is 3. The first kappa shape index (κ1) is 24.1. The van der Waals surface area contributed by atoms with E-state index in [0.717, 1.165) is 5.56 Å². The Morgan fingerprint density at radius 3 is 2.67 bits per heavy atom. The molecule has 0 radical (unpaired) electrons. The molecule has 2 fully saturated rings. The molecular weight excluding hydrogens is 462 g/mol. The van der Waals surface area contributed by atoms with Gasteiger partial charge in [-0.2, -0.15) is 0 Å². The van der Waals surface area contributed by atoms with E-state index in [1.807, 2.05) is 25.1 Å². The Kier molecular flexibility index (Phi) is 6.77. The van der Waals surface area contributed by atoms with E-state index in [2.05, 4.69) is 20.3 Å². The number of hydrogen-bond donors (Lipinski definition) is 3. The number of carbonyl (C=O) groups is 2. The highest BCUT2D eigenvalue weighted by molar-refractivity contribution is 6.09. The van der Waals surface area contributed by atoms with E-state index in [1.165, 1.54) is 19.2 Å². The van der Waals surface area contributed by atoms with E-state index in [-0.39, 0.29) is 17.9 Å². The second-order valence-corrected chi connectivity index (χ2v) is 9.47. The van der Waals surface area contributed by atoms with Crippen molar-refractivity contribution in [3.05, 3.63) is 35.8 Å². The van der Waals surface area contributed by atoms with Gasteiger partial charge in [0.05, 0.1) is 24.8 Å². The molecule has 36 heavy (non-hydrogen) atoms. The lowest BCUT2D eigenvalue weighted by molar-refractivity contribution is -0.135. The van der Waals surface area contributed by atoms with Crippen molar-refractivity contribution in [1.82, 2.24) is 25.2 Å². The predicted octanol–water partition coefficient (Wildman–Crippen LogP) is 2.44. The van der Waals surface area contributed by atoms with Gasteiger partial charge in [0, 0.05) is 36.5 Å². The van der Waals surface area contributed by atoms with Crippen LogP contribution >= 0.6 is 0 Å². The topological polar surface area (TPSA) is 130 Å². The molecule has 1 aromatic carbocycles. The summed E-state index contributed by atoms with van der Waals surface area (Å²) in [5, 5.41) is 12.2. The molecule has 0 bridgehead atoms. The summed E-state index contributed by atoms with van der Waals surface area (Å²) in [5.74, 6) is 1.48. The van der Waals surface area contributed by atoms with Crippen molar-refractivity contribution in [2.45, 2.75) is 38.6 Å². The number of benzene rings is 1. The highest BCUT2D eigenvalue weighted by Gasteiger charge is 2.27. The molecule has 2 amide bonds. The second kappa shape index (κ2) is 10.1. The number of likely N-dealkylation sites (tertiary alicyclic amines) is 1. The van der Waals surface area contributed by atoms with Gasteiger partial charge in [0.2, 0.25) is 5.91 Å². The first-order valence-corrected chi connectivity index (χ1v) is 12.3. The molecule has 3 N–H and O–H groups in total. The van der Waals surface area contributed by atoms with E-state index in [4.69, 9.17) is 14.6 Å². The number of rotatable bonds is 8. The molecule has 3 aromatic rings. The summed E-state index contributed by atoms with van der Waals surface area (Å²) in [7, 11) is 1.62. The van der Waals surface area contributed by atoms with Crippen molar-refractivity contribution in [3.63, 3.8) is 0 Å². The third-order valence-corrected chi connectivity index (χ3v) is 6.93. The number of aromatic nitrogens is 3. The van der Waals surface area contributed by atoms with Crippen molar-refractivity contribution in [2.24, 2.45) is 5.92 Å². The van der Waals surface area contributed by atoms with E-state index in [1.54, 1.807) is 12.0 Å². The Hall–Kier alpha value is -3.66. The minimum atomic E-state index is -0.491. The number of H-pyrrole nitrogens is 1. The number of ether oxygens (including phenoxy) is 2. The van der Waals surface area contributed by atoms with Crippen molar-refractivity contribution in [3.8, 4) is 22.8 Å². The van der Waals surface area contributed by atoms with E-state index >= 15 is 0 Å². The van der Waals surface area contributed by atoms with Gasteiger partial charge in [-0.3, -0.25) is 9.59 Å². The molecule has 0 atom stereocenters. The minimum absolute atomic E-state index is 0.0603. The Morgan fingerprint density at radius 2 is 1.97 bits per heavy atom. The summed E-state index contributed by atoms with van der Waals surface area (Å²) in [6.07, 6.45) is 5.10. The molecule has 10 heteroatoms. The van der Waals surface area contributed by atoms with E-state index in [0.29, 0.717) is 77.9 Å². The lowest BCUT2D eigenvalue weighted by Gasteiger charge is -2.32. The molecule has 1 aliphatic carbocycles. The average molecular weight is 494 g/mol. The second-order valence-electron chi connectivity index (χ2n) is 9.47. The Labute approximate surface area is 209 Å². The molecule has 2 aliphatic rings. The van der Waals surface area contributed by atoms with Crippen LogP contribution in [-0.2, 0) is 4.79 Å². The standard InChI is InChI=1S/C26H31N5O5/c1-15-22(26(34)30-17-7-9-31(10-8-17)21(33)12-32)24-25(29-15)23(27-14-28-24)19-6-5-18(35-2)11-20(19)36-13-16-3-4-16/h5-6,11,14,16-17,29,32H,3-4,7-10,12-13H2,1-2H3,(H,30,34). The highest BCUT2D eigenvalue weighted by atomic mass is 16.5. The average Bonchev–Trinajstić information content (AvgIpc) is 3.66. The van der Waals surface area contributed by atoms with Gasteiger partial charge in [-0.05, 0) is 50.7 Å². The predicted molar refractivity (Wildman–Crippen MR) is 133 cm³/mol. The van der Waals surface area contributed by atoms with Crippen molar-refractivity contribution < 1.29 is 24.2 Å². The number of piperidine rings is 1. The number of aliphatic hydroxyl groups excluding tert-OH is 1. The van der Waals surface area contributed by atoms with Gasteiger partial charge in [0.15, 0.2) is 0 Å². The molecule has 2 aromatic heterocycles. The van der Waals surface area contributed by atoms with Crippen LogP contribution in [0.25, 0.3) is 22.3 Å². The van der Waals surface area contributed by atoms with Crippen LogP contribution in [0.15, 0.2) is 24.5 Å². The summed E-state index contributed by atoms with van der Waals surface area (Å²) in [5.41, 5.74) is 3.86. The number of methoxy groups -OCH3 is 1. The summed E-state index contributed by atoms with van der Waals surface area (Å²) in [6.45, 7) is 3.01. The van der Waals surface area contributed by atoms with Crippen molar-refractivity contribution in [1.29, 1.82) is 0 Å². The van der Waals surface area contributed by atoms with Crippen LogP contribution in [0, 0.1) is 12.8 Å². The Morgan fingerprint density at radius 1 is 1.19 bits per heavy atom. The molecule has 5 rings (SSSR count). The van der Waals surface area contributed by atoms with Gasteiger partial charge >= 0.3 is 0 Å². The van der Waals surface area contributed by atoms with Crippen LogP contribution in [0.3, 0.4) is 0 Å². The zero-order valence-electron chi connectivity index (χ0n) is 20.5. The molecule has 10 nitrogen and oxygen atoms in total. The van der Waals surface area contributed by atoms with Crippen LogP contribution in [-0.4, -0.2) is 76.2 Å². The number of carbonyl (C=O) groups excluding carboxylic acids is 2. The molecule has 190 valence electrons. The Balaban J connectivity index is 1.41. The fourth-order valence-corrected chi connectivity index (χ4v) is 4.67. The van der Waals surface area contributed by atoms with Gasteiger partial charge < -0.3 is 29.8 Å².